The zero-order valence-corrected chi connectivity index (χ0v) is 18.9. The van der Waals surface area contributed by atoms with E-state index in [2.05, 4.69) is 18.9 Å². The largest absolute Gasteiger partial charge is 0.465 e. The van der Waals surface area contributed by atoms with Crippen LogP contribution in [0, 0.1) is 19.8 Å². The van der Waals surface area contributed by atoms with Crippen molar-refractivity contribution in [3.05, 3.63) is 47.3 Å². The first-order valence-electron chi connectivity index (χ1n) is 10.4. The van der Waals surface area contributed by atoms with Crippen molar-refractivity contribution in [1.82, 2.24) is 9.78 Å². The zero-order valence-electron chi connectivity index (χ0n) is 18.9. The molecule has 1 aromatic carbocycles. The van der Waals surface area contributed by atoms with Crippen molar-refractivity contribution in [2.75, 3.05) is 24.7 Å². The molecule has 0 fully saturated rings. The second-order valence-corrected chi connectivity index (χ2v) is 7.68. The molecule has 0 unspecified atom stereocenters. The Hall–Kier alpha value is -3.16. The zero-order chi connectivity index (χ0) is 23.0. The number of hydrogen-bond donors (Lipinski definition) is 0. The van der Waals surface area contributed by atoms with Crippen molar-refractivity contribution in [2.45, 2.75) is 47.6 Å². The monoisotopic (exact) mass is 429 g/mol. The number of para-hydroxylation sites is 1. The van der Waals surface area contributed by atoms with Crippen LogP contribution in [0.15, 0.2) is 30.3 Å². The van der Waals surface area contributed by atoms with Crippen LogP contribution in [0.5, 0.6) is 0 Å². The molecule has 0 atom stereocenters. The molecule has 31 heavy (non-hydrogen) atoms. The highest BCUT2D eigenvalue weighted by molar-refractivity contribution is 5.99. The average molecular weight is 430 g/mol. The minimum atomic E-state index is -0.533. The third kappa shape index (κ3) is 6.94. The summed E-state index contributed by atoms with van der Waals surface area (Å²) in [7, 11) is 0. The maximum Gasteiger partial charge on any atom is 0.326 e. The molecule has 1 amide bonds. The number of amides is 1. The Morgan fingerprint density at radius 1 is 1.06 bits per heavy atom. The van der Waals surface area contributed by atoms with Crippen LogP contribution in [-0.4, -0.2) is 47.4 Å². The van der Waals surface area contributed by atoms with Crippen LogP contribution in [0.3, 0.4) is 0 Å². The Morgan fingerprint density at radius 2 is 1.74 bits per heavy atom. The van der Waals surface area contributed by atoms with Gasteiger partial charge in [0.1, 0.15) is 6.54 Å². The highest BCUT2D eigenvalue weighted by Gasteiger charge is 2.22. The quantitative estimate of drug-likeness (QED) is 0.540. The lowest BCUT2D eigenvalue weighted by Crippen LogP contribution is -2.39. The molecule has 0 aliphatic heterocycles. The van der Waals surface area contributed by atoms with E-state index in [1.54, 1.807) is 37.3 Å². The third-order valence-corrected chi connectivity index (χ3v) is 4.71. The van der Waals surface area contributed by atoms with Gasteiger partial charge >= 0.3 is 11.9 Å². The van der Waals surface area contributed by atoms with Crippen LogP contribution >= 0.6 is 0 Å². The predicted octanol–water partition coefficient (Wildman–Crippen LogP) is 2.84. The molecule has 0 spiro atoms. The number of aryl methyl sites for hydroxylation is 1. The van der Waals surface area contributed by atoms with Gasteiger partial charge in [-0.2, -0.15) is 5.10 Å². The minimum Gasteiger partial charge on any atom is -0.465 e. The molecule has 0 bridgehead atoms. The average Bonchev–Trinajstić information content (AvgIpc) is 2.98. The Balaban J connectivity index is 2.03. The lowest BCUT2D eigenvalue weighted by atomic mass is 10.1. The van der Waals surface area contributed by atoms with Crippen molar-refractivity contribution < 1.29 is 23.9 Å². The smallest absolute Gasteiger partial charge is 0.326 e. The van der Waals surface area contributed by atoms with Crippen LogP contribution in [0.2, 0.25) is 0 Å². The maximum atomic E-state index is 12.7. The standard InChI is InChI=1S/C23H31N3O5/c1-6-30-23(29)14-25(19-10-8-7-9-11-19)21(27)15-31-22(28)12-20-17(4)24-26(18(20)5)13-16(2)3/h7-11,16H,6,12-15H2,1-5H3. The lowest BCUT2D eigenvalue weighted by Gasteiger charge is -2.21. The number of anilines is 1. The maximum absolute atomic E-state index is 12.7. The van der Waals surface area contributed by atoms with E-state index in [-0.39, 0.29) is 19.6 Å². The van der Waals surface area contributed by atoms with Crippen LogP contribution in [-0.2, 0) is 36.8 Å². The molecule has 2 rings (SSSR count). The first kappa shape index (κ1) is 24.1. The SMILES string of the molecule is CCOC(=O)CN(C(=O)COC(=O)Cc1c(C)nn(CC(C)C)c1C)c1ccccc1. The first-order chi connectivity index (χ1) is 14.7. The Kier molecular flexibility index (Phi) is 8.78. The van der Waals surface area contributed by atoms with Crippen molar-refractivity contribution in [1.29, 1.82) is 0 Å². The highest BCUT2D eigenvalue weighted by atomic mass is 16.5. The number of esters is 2. The van der Waals surface area contributed by atoms with Crippen LogP contribution in [0.1, 0.15) is 37.7 Å². The second-order valence-electron chi connectivity index (χ2n) is 7.68. The van der Waals surface area contributed by atoms with E-state index in [4.69, 9.17) is 9.47 Å². The fourth-order valence-electron chi connectivity index (χ4n) is 3.20. The molecule has 0 saturated carbocycles. The van der Waals surface area contributed by atoms with Crippen LogP contribution < -0.4 is 4.90 Å². The molecular weight excluding hydrogens is 398 g/mol. The second kappa shape index (κ2) is 11.3. The van der Waals surface area contributed by atoms with Gasteiger partial charge in [0.05, 0.1) is 18.7 Å². The molecule has 0 saturated heterocycles. The lowest BCUT2D eigenvalue weighted by molar-refractivity contribution is -0.147. The number of nitrogens with zero attached hydrogens (tertiary/aromatic N) is 3. The number of aromatic nitrogens is 2. The Bertz CT molecular complexity index is 905. The molecule has 0 N–H and O–H groups in total. The Morgan fingerprint density at radius 3 is 2.35 bits per heavy atom. The van der Waals surface area contributed by atoms with Gasteiger partial charge in [0, 0.05) is 23.5 Å². The highest BCUT2D eigenvalue weighted by Crippen LogP contribution is 2.17. The summed E-state index contributed by atoms with van der Waals surface area (Å²) in [6.07, 6.45) is 0.0340. The molecule has 0 aliphatic rings. The summed E-state index contributed by atoms with van der Waals surface area (Å²) in [5.41, 5.74) is 3.03. The summed E-state index contributed by atoms with van der Waals surface area (Å²) in [5.74, 6) is -1.13. The number of hydrogen-bond acceptors (Lipinski definition) is 6. The van der Waals surface area contributed by atoms with Crippen molar-refractivity contribution in [2.24, 2.45) is 5.92 Å². The van der Waals surface area contributed by atoms with E-state index in [1.807, 2.05) is 18.5 Å². The molecule has 8 nitrogen and oxygen atoms in total. The number of carbonyl (C=O) groups is 3. The van der Waals surface area contributed by atoms with E-state index in [0.717, 1.165) is 23.5 Å². The molecule has 0 aliphatic carbocycles. The topological polar surface area (TPSA) is 90.7 Å². The van der Waals surface area contributed by atoms with Gasteiger partial charge in [-0.05, 0) is 38.8 Å². The normalized spacial score (nSPS) is 10.8. The van der Waals surface area contributed by atoms with Crippen LogP contribution in [0.4, 0.5) is 5.69 Å². The first-order valence-corrected chi connectivity index (χ1v) is 10.4. The molecule has 8 heteroatoms. The van der Waals surface area contributed by atoms with Gasteiger partial charge in [-0.1, -0.05) is 32.0 Å². The van der Waals surface area contributed by atoms with Gasteiger partial charge in [-0.3, -0.25) is 24.0 Å². The Labute approximate surface area is 183 Å². The molecular formula is C23H31N3O5. The number of rotatable bonds is 10. The summed E-state index contributed by atoms with van der Waals surface area (Å²) in [6.45, 7) is 9.94. The van der Waals surface area contributed by atoms with Gasteiger partial charge in [0.15, 0.2) is 6.61 Å². The van der Waals surface area contributed by atoms with Gasteiger partial charge in [-0.15, -0.1) is 0 Å². The summed E-state index contributed by atoms with van der Waals surface area (Å²) < 4.78 is 12.1. The van der Waals surface area contributed by atoms with Gasteiger partial charge in [-0.25, -0.2) is 0 Å². The third-order valence-electron chi connectivity index (χ3n) is 4.71. The summed E-state index contributed by atoms with van der Waals surface area (Å²) in [4.78, 5) is 38.3. The fourth-order valence-corrected chi connectivity index (χ4v) is 3.20. The van der Waals surface area contributed by atoms with E-state index < -0.39 is 24.5 Å². The summed E-state index contributed by atoms with van der Waals surface area (Å²) in [5, 5.41) is 4.50. The number of carbonyl (C=O) groups excluding carboxylic acids is 3. The molecule has 1 aromatic heterocycles. The van der Waals surface area contributed by atoms with Crippen molar-refractivity contribution in [3.8, 4) is 0 Å². The molecule has 1 heterocycles. The van der Waals surface area contributed by atoms with Gasteiger partial charge < -0.3 is 9.47 Å². The number of ether oxygens (including phenoxy) is 2. The molecule has 0 radical (unpaired) electrons. The minimum absolute atomic E-state index is 0.0340. The number of benzene rings is 1. The van der Waals surface area contributed by atoms with E-state index in [1.165, 1.54) is 4.90 Å². The van der Waals surface area contributed by atoms with E-state index in [9.17, 15) is 14.4 Å². The van der Waals surface area contributed by atoms with E-state index >= 15 is 0 Å². The predicted molar refractivity (Wildman–Crippen MR) is 117 cm³/mol. The summed E-state index contributed by atoms with van der Waals surface area (Å²) in [6, 6.07) is 8.73. The fraction of sp³-hybridized carbons (Fsp3) is 0.478. The molecule has 168 valence electrons. The molecule has 2 aromatic rings. The van der Waals surface area contributed by atoms with Crippen molar-refractivity contribution >= 4 is 23.5 Å². The van der Waals surface area contributed by atoms with Crippen LogP contribution in [0.25, 0.3) is 0 Å². The van der Waals surface area contributed by atoms with Gasteiger partial charge in [0.25, 0.3) is 5.91 Å². The van der Waals surface area contributed by atoms with Gasteiger partial charge in [0.2, 0.25) is 0 Å². The summed E-state index contributed by atoms with van der Waals surface area (Å²) >= 11 is 0. The van der Waals surface area contributed by atoms with E-state index in [0.29, 0.717) is 11.6 Å². The van der Waals surface area contributed by atoms with Crippen molar-refractivity contribution in [3.63, 3.8) is 0 Å².